The molecule has 0 radical (unpaired) electrons. The van der Waals surface area contributed by atoms with Crippen LogP contribution in [-0.2, 0) is 33.3 Å². The summed E-state index contributed by atoms with van der Waals surface area (Å²) in [7, 11) is 0. The number of aliphatic hydroxyl groups excluding tert-OH is 3. The molecule has 0 bridgehead atoms. The molecule has 8 atom stereocenters. The Morgan fingerprint density at radius 3 is 2.39 bits per heavy atom. The molecule has 0 unspecified atom stereocenters. The number of aromatic amines is 1. The number of nitrogens with two attached hydrogens (primary N) is 1. The number of nitrogens with one attached hydrogen (secondary N) is 2. The number of para-hydroxylation sites is 1. The minimum absolute atomic E-state index is 0.0379. The number of nitrogens with zero attached hydrogens (tertiary/aromatic N) is 1. The zero-order valence-corrected chi connectivity index (χ0v) is 27.1. The van der Waals surface area contributed by atoms with Crippen LogP contribution in [0.4, 0.5) is 5.69 Å². The first kappa shape index (κ1) is 37.5. The maximum absolute atomic E-state index is 13.0. The van der Waals surface area contributed by atoms with E-state index in [-0.39, 0.29) is 6.42 Å². The zero-order valence-electron chi connectivity index (χ0n) is 27.1. The van der Waals surface area contributed by atoms with E-state index < -0.39 is 90.4 Å². The molecular weight excluding hydrogens is 644 g/mol. The molecule has 1 fully saturated rings. The molecule has 268 valence electrons. The number of unbranched alkanes of at least 4 members (excludes halogenated alkanes) is 6. The third kappa shape index (κ3) is 9.86. The van der Waals surface area contributed by atoms with E-state index in [4.69, 9.17) is 24.7 Å². The van der Waals surface area contributed by atoms with E-state index in [9.17, 15) is 39.3 Å². The molecule has 1 saturated heterocycles. The summed E-state index contributed by atoms with van der Waals surface area (Å²) in [6.07, 6.45) is -2.70. The first-order valence-corrected chi connectivity index (χ1v) is 16.4. The van der Waals surface area contributed by atoms with Gasteiger partial charge in [0.25, 0.3) is 11.5 Å². The minimum atomic E-state index is -1.84. The molecule has 0 saturated carbocycles. The lowest BCUT2D eigenvalue weighted by molar-refractivity contribution is -0.239. The van der Waals surface area contributed by atoms with Crippen LogP contribution < -0.4 is 22.3 Å². The summed E-state index contributed by atoms with van der Waals surface area (Å²) in [6.45, 7) is 1.38. The molecule has 2 aromatic rings. The molecule has 4 rings (SSSR count). The highest BCUT2D eigenvalue weighted by molar-refractivity contribution is 6.02. The molecule has 49 heavy (non-hydrogen) atoms. The summed E-state index contributed by atoms with van der Waals surface area (Å²) in [4.78, 5) is 65.4. The predicted octanol–water partition coefficient (Wildman–Crippen LogP) is 0.566. The third-order valence-electron chi connectivity index (χ3n) is 8.32. The van der Waals surface area contributed by atoms with Crippen LogP contribution >= 0.6 is 0 Å². The highest BCUT2D eigenvalue weighted by atomic mass is 16.7. The summed E-state index contributed by atoms with van der Waals surface area (Å²) in [5.41, 5.74) is 4.47. The molecule has 0 aliphatic carbocycles. The lowest BCUT2D eigenvalue weighted by Crippen LogP contribution is -2.53. The van der Waals surface area contributed by atoms with Gasteiger partial charge in [-0.1, -0.05) is 63.6 Å². The molecule has 2 aliphatic heterocycles. The van der Waals surface area contributed by atoms with Crippen molar-refractivity contribution in [3.05, 3.63) is 75.3 Å². The lowest BCUT2D eigenvalue weighted by atomic mass is 9.94. The number of carbonyl (C=O) groups excluding carboxylic acids is 3. The molecule has 2 aliphatic rings. The number of anilines is 1. The van der Waals surface area contributed by atoms with E-state index in [2.05, 4.69) is 17.2 Å². The Bertz CT molecular complexity index is 1560. The summed E-state index contributed by atoms with van der Waals surface area (Å²) in [6, 6.07) is 9.36. The number of benzene rings is 1. The number of aliphatic hydroxyl groups is 3. The second kappa shape index (κ2) is 17.9. The number of primary amides is 1. The predicted molar refractivity (Wildman–Crippen MR) is 172 cm³/mol. The van der Waals surface area contributed by atoms with E-state index >= 15 is 0 Å². The van der Waals surface area contributed by atoms with Gasteiger partial charge in [-0.25, -0.2) is 4.79 Å². The minimum Gasteiger partial charge on any atom is -0.457 e. The Morgan fingerprint density at radius 1 is 1.04 bits per heavy atom. The van der Waals surface area contributed by atoms with E-state index in [0.717, 1.165) is 61.4 Å². The van der Waals surface area contributed by atoms with Gasteiger partial charge in [-0.05, 0) is 24.6 Å². The number of H-pyrrole nitrogens is 1. The van der Waals surface area contributed by atoms with Crippen molar-refractivity contribution in [2.75, 3.05) is 11.9 Å². The van der Waals surface area contributed by atoms with Gasteiger partial charge in [-0.15, -0.1) is 0 Å². The van der Waals surface area contributed by atoms with Crippen LogP contribution in [0.2, 0.25) is 0 Å². The fourth-order valence-corrected chi connectivity index (χ4v) is 5.73. The average Bonchev–Trinajstić information content (AvgIpc) is 3.41. The standard InChI is InChI=1S/C33H44N4O12/c1-2-3-4-5-6-7-11-14-24(41)47-27-20(18-38)26(48-31(27)37-16-15-23(40)36-33(37)45)28(29(34)43)49-32-25(42)21(39)17-22(46-32)30(44)35-19-12-9-8-10-13-19/h8-10,12-13,15-17,20-21,25-28,31-32,38-39,42H,2-7,11,14,18H2,1H3,(H2,34,43)(H,35,44)(H,36,40,45)/t20-,21+,25+,26+,27-,28-,31-,32-/m1/s1. The Hall–Kier alpha value is -4.35. The van der Waals surface area contributed by atoms with Crippen LogP contribution in [0.3, 0.4) is 0 Å². The van der Waals surface area contributed by atoms with E-state index in [0.29, 0.717) is 12.1 Å². The van der Waals surface area contributed by atoms with Crippen LogP contribution in [0, 0.1) is 5.92 Å². The molecular formula is C33H44N4O12. The highest BCUT2D eigenvalue weighted by Gasteiger charge is 2.54. The van der Waals surface area contributed by atoms with Crippen molar-refractivity contribution in [2.45, 2.75) is 101 Å². The van der Waals surface area contributed by atoms with Gasteiger partial charge in [-0.3, -0.25) is 28.7 Å². The quantitative estimate of drug-likeness (QED) is 0.0987. The average molecular weight is 689 g/mol. The molecule has 16 nitrogen and oxygen atoms in total. The van der Waals surface area contributed by atoms with Crippen molar-refractivity contribution >= 4 is 23.5 Å². The van der Waals surface area contributed by atoms with E-state index in [1.165, 1.54) is 0 Å². The molecule has 1 aromatic heterocycles. The second-order valence-corrected chi connectivity index (χ2v) is 12.0. The summed E-state index contributed by atoms with van der Waals surface area (Å²) in [5.74, 6) is -4.26. The molecule has 2 amide bonds. The highest BCUT2D eigenvalue weighted by Crippen LogP contribution is 2.39. The topological polar surface area (TPSA) is 242 Å². The molecule has 16 heteroatoms. The number of amides is 2. The van der Waals surface area contributed by atoms with Crippen LogP contribution in [0.5, 0.6) is 0 Å². The van der Waals surface area contributed by atoms with Gasteiger partial charge in [0.2, 0.25) is 12.2 Å². The number of rotatable bonds is 17. The van der Waals surface area contributed by atoms with Gasteiger partial charge in [0.1, 0.15) is 18.3 Å². The monoisotopic (exact) mass is 688 g/mol. The number of ether oxygens (including phenoxy) is 4. The fourth-order valence-electron chi connectivity index (χ4n) is 5.73. The van der Waals surface area contributed by atoms with E-state index in [1.807, 2.05) is 0 Å². The Labute approximate surface area is 281 Å². The summed E-state index contributed by atoms with van der Waals surface area (Å²) >= 11 is 0. The Kier molecular flexibility index (Phi) is 13.7. The molecule has 1 aromatic carbocycles. The SMILES string of the molecule is CCCCCCCCCC(=O)O[C@@H]1[C@H](CO)[C@@H]([C@@H](O[C@H]2OC(C(=O)Nc3ccccc3)=C[C@H](O)[C@@H]2O)C(N)=O)O[C@H]1n1ccc(=O)[nH]c1=O. The fraction of sp³-hybridized carbons (Fsp3) is 0.545. The maximum Gasteiger partial charge on any atom is 0.330 e. The van der Waals surface area contributed by atoms with Gasteiger partial charge >= 0.3 is 11.7 Å². The lowest BCUT2D eigenvalue weighted by Gasteiger charge is -2.35. The van der Waals surface area contributed by atoms with Gasteiger partial charge in [0, 0.05) is 24.4 Å². The van der Waals surface area contributed by atoms with Crippen molar-refractivity contribution in [1.29, 1.82) is 0 Å². The van der Waals surface area contributed by atoms with Gasteiger partial charge in [0.05, 0.1) is 12.5 Å². The second-order valence-electron chi connectivity index (χ2n) is 12.0. The summed E-state index contributed by atoms with van der Waals surface area (Å²) in [5, 5.41) is 34.2. The number of esters is 1. The third-order valence-corrected chi connectivity index (χ3v) is 8.32. The first-order chi connectivity index (χ1) is 23.5. The van der Waals surface area contributed by atoms with Crippen LogP contribution in [0.25, 0.3) is 0 Å². The van der Waals surface area contributed by atoms with Crippen molar-refractivity contribution in [2.24, 2.45) is 11.7 Å². The van der Waals surface area contributed by atoms with Crippen molar-refractivity contribution in [3.8, 4) is 0 Å². The van der Waals surface area contributed by atoms with Crippen molar-refractivity contribution < 1.29 is 48.7 Å². The number of carbonyl (C=O) groups is 3. The van der Waals surface area contributed by atoms with Crippen molar-refractivity contribution in [3.63, 3.8) is 0 Å². The van der Waals surface area contributed by atoms with E-state index in [1.54, 1.807) is 30.3 Å². The Morgan fingerprint density at radius 2 is 1.73 bits per heavy atom. The largest absolute Gasteiger partial charge is 0.457 e. The number of hydrogen-bond donors (Lipinski definition) is 6. The number of aromatic nitrogens is 2. The normalized spacial score (nSPS) is 25.6. The maximum atomic E-state index is 13.0. The smallest absolute Gasteiger partial charge is 0.330 e. The van der Waals surface area contributed by atoms with Gasteiger partial charge in [0.15, 0.2) is 24.2 Å². The first-order valence-electron chi connectivity index (χ1n) is 16.4. The Balaban J connectivity index is 1.54. The summed E-state index contributed by atoms with van der Waals surface area (Å²) < 4.78 is 24.0. The number of hydrogen-bond acceptors (Lipinski definition) is 12. The van der Waals surface area contributed by atoms with Crippen LogP contribution in [0.15, 0.2) is 64.0 Å². The zero-order chi connectivity index (χ0) is 35.5. The van der Waals surface area contributed by atoms with Crippen LogP contribution in [0.1, 0.15) is 64.5 Å². The van der Waals surface area contributed by atoms with Gasteiger partial charge < -0.3 is 45.3 Å². The molecule has 0 spiro atoms. The van der Waals surface area contributed by atoms with Gasteiger partial charge in [-0.2, -0.15) is 0 Å². The molecule has 7 N–H and O–H groups in total. The van der Waals surface area contributed by atoms with Crippen molar-refractivity contribution in [1.82, 2.24) is 9.55 Å². The molecule has 3 heterocycles. The van der Waals surface area contributed by atoms with Crippen LogP contribution in [-0.4, -0.2) is 86.1 Å².